The van der Waals surface area contributed by atoms with E-state index >= 15 is 0 Å². The monoisotopic (exact) mass is 290 g/mol. The fourth-order valence-electron chi connectivity index (χ4n) is 0.556. The molecule has 0 amide bonds. The van der Waals surface area contributed by atoms with Crippen molar-refractivity contribution in [2.45, 2.75) is 0 Å². The zero-order chi connectivity index (χ0) is 5.82. The first-order valence-corrected chi connectivity index (χ1v) is 2.51. The summed E-state index contributed by atoms with van der Waals surface area (Å²) in [5.74, 6) is 0. The third-order valence-electron chi connectivity index (χ3n) is 0.978. The standard InChI is InChI=1S/C7H8N.W/c1-8-7-5-3-2-4-6-7;/h2-6,8H,1H2;/q-1;. The molecule has 0 atom stereocenters. The van der Waals surface area contributed by atoms with E-state index in [9.17, 15) is 0 Å². The summed E-state index contributed by atoms with van der Waals surface area (Å²) in [5, 5.41) is 2.78. The average molecular weight is 290 g/mol. The SMILES string of the molecule is [CH2-]Nc1ccccc1.[W]. The van der Waals surface area contributed by atoms with Crippen molar-refractivity contribution in [1.82, 2.24) is 0 Å². The summed E-state index contributed by atoms with van der Waals surface area (Å²) in [6.07, 6.45) is 0. The van der Waals surface area contributed by atoms with Crippen molar-refractivity contribution in [3.63, 3.8) is 0 Å². The Hall–Kier alpha value is -0.292. The predicted octanol–water partition coefficient (Wildman–Crippen LogP) is 1.89. The van der Waals surface area contributed by atoms with Gasteiger partial charge in [-0.15, -0.1) is 0 Å². The molecule has 0 unspecified atom stereocenters. The Kier molecular flexibility index (Phi) is 4.43. The molecule has 0 spiro atoms. The molecule has 0 saturated heterocycles. The van der Waals surface area contributed by atoms with Crippen molar-refractivity contribution < 1.29 is 21.1 Å². The summed E-state index contributed by atoms with van der Waals surface area (Å²) in [6, 6.07) is 9.84. The number of hydrogen-bond donors (Lipinski definition) is 1. The van der Waals surface area contributed by atoms with Gasteiger partial charge in [0.15, 0.2) is 0 Å². The van der Waals surface area contributed by atoms with Gasteiger partial charge in [-0.2, -0.15) is 0 Å². The predicted molar refractivity (Wildman–Crippen MR) is 35.4 cm³/mol. The van der Waals surface area contributed by atoms with Gasteiger partial charge >= 0.3 is 0 Å². The van der Waals surface area contributed by atoms with Crippen LogP contribution >= 0.6 is 0 Å². The van der Waals surface area contributed by atoms with Gasteiger partial charge in [-0.05, 0) is 12.1 Å². The van der Waals surface area contributed by atoms with Gasteiger partial charge in [0.05, 0.1) is 0 Å². The third-order valence-corrected chi connectivity index (χ3v) is 0.978. The molecule has 0 saturated carbocycles. The zero-order valence-corrected chi connectivity index (χ0v) is 7.94. The molecule has 0 radical (unpaired) electrons. The van der Waals surface area contributed by atoms with Gasteiger partial charge in [-0.1, -0.05) is 18.2 Å². The van der Waals surface area contributed by atoms with Crippen LogP contribution in [0.5, 0.6) is 0 Å². The number of nitrogens with one attached hydrogen (secondary N) is 1. The van der Waals surface area contributed by atoms with E-state index in [0.29, 0.717) is 0 Å². The molecule has 0 fully saturated rings. The summed E-state index contributed by atoms with van der Waals surface area (Å²) >= 11 is 0. The summed E-state index contributed by atoms with van der Waals surface area (Å²) < 4.78 is 0. The minimum Gasteiger partial charge on any atom is -0.538 e. The summed E-state index contributed by atoms with van der Waals surface area (Å²) in [7, 11) is 3.51. The van der Waals surface area contributed by atoms with Crippen LogP contribution in [0.2, 0.25) is 0 Å². The van der Waals surface area contributed by atoms with Crippen LogP contribution in [0.3, 0.4) is 0 Å². The second-order valence-corrected chi connectivity index (χ2v) is 1.54. The van der Waals surface area contributed by atoms with Crippen molar-refractivity contribution in [2.75, 3.05) is 5.32 Å². The number of anilines is 1. The van der Waals surface area contributed by atoms with E-state index in [1.807, 2.05) is 30.3 Å². The van der Waals surface area contributed by atoms with Gasteiger partial charge in [0.1, 0.15) is 0 Å². The number of rotatable bonds is 1. The van der Waals surface area contributed by atoms with Crippen molar-refractivity contribution >= 4 is 5.69 Å². The van der Waals surface area contributed by atoms with Crippen LogP contribution in [0, 0.1) is 7.05 Å². The summed E-state index contributed by atoms with van der Waals surface area (Å²) in [6.45, 7) is 0. The van der Waals surface area contributed by atoms with Crippen molar-refractivity contribution in [1.29, 1.82) is 0 Å². The summed E-state index contributed by atoms with van der Waals surface area (Å²) in [5.41, 5.74) is 1.05. The van der Waals surface area contributed by atoms with Gasteiger partial charge in [-0.25, -0.2) is 0 Å². The van der Waals surface area contributed by atoms with Gasteiger partial charge in [-0.3, -0.25) is 7.05 Å². The van der Waals surface area contributed by atoms with Crippen LogP contribution in [0.4, 0.5) is 5.69 Å². The molecule has 0 aliphatic rings. The van der Waals surface area contributed by atoms with E-state index in [-0.39, 0.29) is 21.1 Å². The molecule has 0 bridgehead atoms. The second kappa shape index (κ2) is 4.57. The number of benzene rings is 1. The van der Waals surface area contributed by atoms with E-state index in [2.05, 4.69) is 12.4 Å². The summed E-state index contributed by atoms with van der Waals surface area (Å²) in [4.78, 5) is 0. The third kappa shape index (κ3) is 2.66. The molecule has 0 aliphatic carbocycles. The number of hydrogen-bond acceptors (Lipinski definition) is 1. The maximum Gasteiger partial charge on any atom is 0.00441 e. The zero-order valence-electron chi connectivity index (χ0n) is 5.00. The first-order chi connectivity index (χ1) is 3.93. The normalized spacial score (nSPS) is 7.67. The van der Waals surface area contributed by atoms with E-state index in [1.54, 1.807) is 0 Å². The van der Waals surface area contributed by atoms with Gasteiger partial charge in [0, 0.05) is 26.8 Å². The molecular weight excluding hydrogens is 282 g/mol. The molecule has 1 rings (SSSR count). The Balaban J connectivity index is 0.000000640. The van der Waals surface area contributed by atoms with Crippen LogP contribution < -0.4 is 5.32 Å². The molecule has 1 aromatic carbocycles. The van der Waals surface area contributed by atoms with E-state index in [1.165, 1.54) is 0 Å². The Labute approximate surface area is 69.7 Å². The van der Waals surface area contributed by atoms with Crippen molar-refractivity contribution in [3.8, 4) is 0 Å². The molecule has 48 valence electrons. The minimum absolute atomic E-state index is 0. The Morgan fingerprint density at radius 3 is 2.00 bits per heavy atom. The maximum absolute atomic E-state index is 3.51. The second-order valence-electron chi connectivity index (χ2n) is 1.54. The number of para-hydroxylation sites is 1. The fourth-order valence-corrected chi connectivity index (χ4v) is 0.556. The first kappa shape index (κ1) is 8.71. The molecule has 0 heterocycles. The van der Waals surface area contributed by atoms with E-state index < -0.39 is 0 Å². The van der Waals surface area contributed by atoms with E-state index in [0.717, 1.165) is 5.69 Å². The van der Waals surface area contributed by atoms with Gasteiger partial charge in [0.2, 0.25) is 0 Å². The van der Waals surface area contributed by atoms with Gasteiger partial charge < -0.3 is 5.32 Å². The molecule has 0 aliphatic heterocycles. The molecule has 1 N–H and O–H groups in total. The Morgan fingerprint density at radius 2 is 1.67 bits per heavy atom. The minimum atomic E-state index is 0. The van der Waals surface area contributed by atoms with Gasteiger partial charge in [0.25, 0.3) is 0 Å². The van der Waals surface area contributed by atoms with Crippen LogP contribution in [-0.4, -0.2) is 0 Å². The van der Waals surface area contributed by atoms with Crippen LogP contribution in [0.1, 0.15) is 0 Å². The topological polar surface area (TPSA) is 12.0 Å². The molecule has 0 aromatic heterocycles. The first-order valence-electron chi connectivity index (χ1n) is 2.51. The van der Waals surface area contributed by atoms with Crippen LogP contribution in [-0.2, 0) is 21.1 Å². The van der Waals surface area contributed by atoms with E-state index in [4.69, 9.17) is 0 Å². The fraction of sp³-hybridized carbons (Fsp3) is 0. The molecule has 1 nitrogen and oxygen atoms in total. The molecule has 9 heavy (non-hydrogen) atoms. The van der Waals surface area contributed by atoms with Crippen LogP contribution in [0.25, 0.3) is 0 Å². The largest absolute Gasteiger partial charge is 0.538 e. The molecular formula is C7H8NW-. The Bertz CT molecular complexity index is 150. The van der Waals surface area contributed by atoms with Crippen molar-refractivity contribution in [3.05, 3.63) is 37.4 Å². The average Bonchev–Trinajstić information content (AvgIpc) is 1.90. The quantitative estimate of drug-likeness (QED) is 0.779. The Morgan fingerprint density at radius 1 is 1.11 bits per heavy atom. The molecule has 1 aromatic rings. The molecule has 2 heteroatoms. The van der Waals surface area contributed by atoms with Crippen molar-refractivity contribution in [2.24, 2.45) is 0 Å². The maximum atomic E-state index is 3.51. The van der Waals surface area contributed by atoms with Crippen LogP contribution in [0.15, 0.2) is 30.3 Å². The smallest absolute Gasteiger partial charge is 0.00441 e.